The van der Waals surface area contributed by atoms with E-state index in [9.17, 15) is 0 Å². The van der Waals surface area contributed by atoms with Crippen LogP contribution in [0, 0.1) is 0 Å². The summed E-state index contributed by atoms with van der Waals surface area (Å²) in [5.74, 6) is 0. The van der Waals surface area contributed by atoms with E-state index in [4.69, 9.17) is 4.74 Å². The molecule has 112 valence electrons. The van der Waals surface area contributed by atoms with Crippen LogP contribution < -0.4 is 10.6 Å². The third-order valence-corrected chi connectivity index (χ3v) is 3.81. The van der Waals surface area contributed by atoms with Crippen molar-refractivity contribution in [1.82, 2.24) is 10.2 Å². The molecule has 1 aromatic rings. The topological polar surface area (TPSA) is 36.5 Å². The molecule has 4 nitrogen and oxygen atoms in total. The first-order valence-corrected chi connectivity index (χ1v) is 7.07. The van der Waals surface area contributed by atoms with Crippen molar-refractivity contribution < 1.29 is 4.74 Å². The van der Waals surface area contributed by atoms with E-state index in [1.165, 1.54) is 22.4 Å². The first kappa shape index (κ1) is 15.6. The Morgan fingerprint density at radius 3 is 2.90 bits per heavy atom. The zero-order valence-electron chi connectivity index (χ0n) is 12.2. The Hall–Kier alpha value is -0.810. The molecule has 1 atom stereocenters. The van der Waals surface area contributed by atoms with Crippen molar-refractivity contribution in [2.45, 2.75) is 32.1 Å². The predicted octanol–water partition coefficient (Wildman–Crippen LogP) is 1.97. The Bertz CT molecular complexity index is 459. The molecule has 0 aromatic heterocycles. The van der Waals surface area contributed by atoms with Crippen molar-refractivity contribution in [3.8, 4) is 0 Å². The number of nitrogens with one attached hydrogen (secondary N) is 2. The van der Waals surface area contributed by atoms with Gasteiger partial charge in [0, 0.05) is 31.9 Å². The Labute approximate surface area is 127 Å². The highest BCUT2D eigenvalue weighted by Gasteiger charge is 2.20. The first-order chi connectivity index (χ1) is 9.22. The molecule has 0 unspecified atom stereocenters. The van der Waals surface area contributed by atoms with E-state index < -0.39 is 0 Å². The van der Waals surface area contributed by atoms with Crippen LogP contribution in [-0.4, -0.2) is 38.3 Å². The van der Waals surface area contributed by atoms with Crippen LogP contribution in [0.5, 0.6) is 0 Å². The van der Waals surface area contributed by atoms with E-state index in [0.717, 1.165) is 39.3 Å². The molecule has 5 heteroatoms. The van der Waals surface area contributed by atoms with Gasteiger partial charge in [0.2, 0.25) is 0 Å². The van der Waals surface area contributed by atoms with Crippen LogP contribution in [0.3, 0.4) is 0 Å². The predicted molar refractivity (Wildman–Crippen MR) is 84.5 cm³/mol. The first-order valence-electron chi connectivity index (χ1n) is 7.07. The zero-order valence-corrected chi connectivity index (χ0v) is 13.1. The lowest BCUT2D eigenvalue weighted by Crippen LogP contribution is -2.20. The van der Waals surface area contributed by atoms with E-state index in [0.29, 0.717) is 6.04 Å². The van der Waals surface area contributed by atoms with Gasteiger partial charge in [-0.2, -0.15) is 0 Å². The minimum Gasteiger partial charge on any atom is -0.380 e. The van der Waals surface area contributed by atoms with Gasteiger partial charge < -0.3 is 20.3 Å². The number of halogens is 1. The van der Waals surface area contributed by atoms with Gasteiger partial charge in [-0.1, -0.05) is 6.07 Å². The summed E-state index contributed by atoms with van der Waals surface area (Å²) >= 11 is 0. The minimum absolute atomic E-state index is 0. The number of hydrogen-bond donors (Lipinski definition) is 2. The Morgan fingerprint density at radius 2 is 2.20 bits per heavy atom. The lowest BCUT2D eigenvalue weighted by molar-refractivity contribution is 0.195. The Kier molecular flexibility index (Phi) is 5.27. The summed E-state index contributed by atoms with van der Waals surface area (Å²) in [5, 5.41) is 7.12. The summed E-state index contributed by atoms with van der Waals surface area (Å²) in [6, 6.07) is 5.12. The molecule has 3 rings (SSSR count). The number of benzene rings is 1. The van der Waals surface area contributed by atoms with Gasteiger partial charge in [-0.05, 0) is 43.3 Å². The van der Waals surface area contributed by atoms with Crippen LogP contribution in [0.2, 0.25) is 0 Å². The molecule has 0 aliphatic carbocycles. The Balaban J connectivity index is 0.00000147. The average molecular weight is 298 g/mol. The summed E-state index contributed by atoms with van der Waals surface area (Å²) < 4.78 is 5.46. The number of rotatable bonds is 4. The van der Waals surface area contributed by atoms with Crippen molar-refractivity contribution in [3.63, 3.8) is 0 Å². The third-order valence-electron chi connectivity index (χ3n) is 3.81. The Morgan fingerprint density at radius 1 is 1.35 bits per heavy atom. The normalized spacial score (nSPS) is 20.9. The van der Waals surface area contributed by atoms with E-state index in [1.807, 2.05) is 0 Å². The second kappa shape index (κ2) is 6.76. The SMILES string of the molecule is CN(C)Cc1cc2c(c(N[C@H]3CCOC3)c1)CNC2.Cl. The van der Waals surface area contributed by atoms with Gasteiger partial charge >= 0.3 is 0 Å². The molecule has 0 saturated carbocycles. The maximum Gasteiger partial charge on any atom is 0.0668 e. The molecular formula is C15H24ClN3O. The maximum atomic E-state index is 5.46. The van der Waals surface area contributed by atoms with Gasteiger partial charge in [0.1, 0.15) is 0 Å². The highest BCUT2D eigenvalue weighted by atomic mass is 35.5. The standard InChI is InChI=1S/C15H23N3O.ClH/c1-18(2)9-11-5-12-7-16-8-14(12)15(6-11)17-13-3-4-19-10-13;/h5-6,13,16-17H,3-4,7-10H2,1-2H3;1H/t13-;/m0./s1. The van der Waals surface area contributed by atoms with Crippen LogP contribution in [0.4, 0.5) is 5.69 Å². The molecule has 0 radical (unpaired) electrons. The van der Waals surface area contributed by atoms with Gasteiger partial charge in [-0.3, -0.25) is 0 Å². The maximum absolute atomic E-state index is 5.46. The van der Waals surface area contributed by atoms with E-state index in [1.54, 1.807) is 0 Å². The number of anilines is 1. The van der Waals surface area contributed by atoms with Gasteiger partial charge in [0.25, 0.3) is 0 Å². The number of nitrogens with zero attached hydrogens (tertiary/aromatic N) is 1. The molecule has 1 saturated heterocycles. The van der Waals surface area contributed by atoms with Crippen molar-refractivity contribution in [2.24, 2.45) is 0 Å². The lowest BCUT2D eigenvalue weighted by atomic mass is 10.0. The summed E-state index contributed by atoms with van der Waals surface area (Å²) in [7, 11) is 4.23. The fourth-order valence-electron chi connectivity index (χ4n) is 2.94. The molecule has 0 bridgehead atoms. The highest BCUT2D eigenvalue weighted by Crippen LogP contribution is 2.28. The number of hydrogen-bond acceptors (Lipinski definition) is 4. The smallest absolute Gasteiger partial charge is 0.0668 e. The molecule has 0 amide bonds. The van der Waals surface area contributed by atoms with Crippen LogP contribution in [0.15, 0.2) is 12.1 Å². The fraction of sp³-hybridized carbons (Fsp3) is 0.600. The van der Waals surface area contributed by atoms with Crippen LogP contribution in [-0.2, 0) is 24.4 Å². The average Bonchev–Trinajstić information content (AvgIpc) is 2.98. The summed E-state index contributed by atoms with van der Waals surface area (Å²) in [5.41, 5.74) is 5.57. The van der Waals surface area contributed by atoms with Crippen molar-refractivity contribution in [2.75, 3.05) is 32.6 Å². The van der Waals surface area contributed by atoms with Crippen molar-refractivity contribution >= 4 is 18.1 Å². The third kappa shape index (κ3) is 3.44. The molecule has 20 heavy (non-hydrogen) atoms. The van der Waals surface area contributed by atoms with Gasteiger partial charge in [0.15, 0.2) is 0 Å². The van der Waals surface area contributed by atoms with Gasteiger partial charge in [0.05, 0.1) is 12.6 Å². The van der Waals surface area contributed by atoms with Crippen LogP contribution in [0.25, 0.3) is 0 Å². The molecule has 0 spiro atoms. The fourth-order valence-corrected chi connectivity index (χ4v) is 2.94. The second-order valence-electron chi connectivity index (χ2n) is 5.83. The quantitative estimate of drug-likeness (QED) is 0.891. The van der Waals surface area contributed by atoms with Gasteiger partial charge in [-0.15, -0.1) is 12.4 Å². The molecule has 2 aliphatic heterocycles. The van der Waals surface area contributed by atoms with Crippen molar-refractivity contribution in [1.29, 1.82) is 0 Å². The van der Waals surface area contributed by atoms with E-state index in [2.05, 4.69) is 41.8 Å². The van der Waals surface area contributed by atoms with Crippen LogP contribution >= 0.6 is 12.4 Å². The molecule has 1 fully saturated rings. The lowest BCUT2D eigenvalue weighted by Gasteiger charge is -2.18. The molecule has 2 N–H and O–H groups in total. The van der Waals surface area contributed by atoms with Gasteiger partial charge in [-0.25, -0.2) is 0 Å². The summed E-state index contributed by atoms with van der Waals surface area (Å²) in [6.45, 7) is 4.68. The second-order valence-corrected chi connectivity index (χ2v) is 5.83. The molecule has 2 heterocycles. The molecule has 2 aliphatic rings. The van der Waals surface area contributed by atoms with E-state index in [-0.39, 0.29) is 12.4 Å². The minimum atomic E-state index is 0. The van der Waals surface area contributed by atoms with Crippen LogP contribution in [0.1, 0.15) is 23.1 Å². The molecule has 1 aromatic carbocycles. The zero-order chi connectivity index (χ0) is 13.2. The number of ether oxygens (including phenoxy) is 1. The largest absolute Gasteiger partial charge is 0.380 e. The summed E-state index contributed by atoms with van der Waals surface area (Å²) in [4.78, 5) is 2.21. The highest BCUT2D eigenvalue weighted by molar-refractivity contribution is 5.85. The molecular weight excluding hydrogens is 274 g/mol. The van der Waals surface area contributed by atoms with Crippen molar-refractivity contribution in [3.05, 3.63) is 28.8 Å². The summed E-state index contributed by atoms with van der Waals surface area (Å²) in [6.07, 6.45) is 1.11. The number of fused-ring (bicyclic) bond motifs is 1. The van der Waals surface area contributed by atoms with E-state index >= 15 is 0 Å². The monoisotopic (exact) mass is 297 g/mol.